The summed E-state index contributed by atoms with van der Waals surface area (Å²) < 4.78 is 0. The van der Waals surface area contributed by atoms with E-state index in [-0.39, 0.29) is 17.7 Å². The van der Waals surface area contributed by atoms with Gasteiger partial charge in [-0.1, -0.05) is 12.1 Å². The molecule has 7 heteroatoms. The van der Waals surface area contributed by atoms with E-state index in [2.05, 4.69) is 11.4 Å². The van der Waals surface area contributed by atoms with Gasteiger partial charge in [-0.25, -0.2) is 0 Å². The summed E-state index contributed by atoms with van der Waals surface area (Å²) >= 11 is 0.889. The van der Waals surface area contributed by atoms with Crippen molar-refractivity contribution in [1.29, 1.82) is 5.26 Å². The number of amides is 2. The highest BCUT2D eigenvalue weighted by Crippen LogP contribution is 2.26. The number of thioether (sulfide) groups is 1. The zero-order valence-corrected chi connectivity index (χ0v) is 12.7. The summed E-state index contributed by atoms with van der Waals surface area (Å²) in [4.78, 5) is 25.0. The highest BCUT2D eigenvalue weighted by atomic mass is 32.2. The fraction of sp³-hybridized carbons (Fsp3) is 0.267. The minimum Gasteiger partial charge on any atom is -0.676 e. The molecule has 0 saturated carbocycles. The topological polar surface area (TPSA) is 97.0 Å². The predicted molar refractivity (Wildman–Crippen MR) is 87.2 cm³/mol. The highest BCUT2D eigenvalue weighted by molar-refractivity contribution is 8.18. The Labute approximate surface area is 133 Å². The maximum atomic E-state index is 11.5. The number of nitrogens with zero attached hydrogens (tertiary/aromatic N) is 2. The monoisotopic (exact) mass is 315 g/mol. The predicted octanol–water partition coefficient (Wildman–Crippen LogP) is 2.78. The number of imide groups is 1. The lowest BCUT2D eigenvalue weighted by Gasteiger charge is -2.25. The summed E-state index contributed by atoms with van der Waals surface area (Å²) in [6.45, 7) is 1.41. The van der Waals surface area contributed by atoms with E-state index in [9.17, 15) is 9.59 Å². The standard InChI is InChI=1S/C15H15N4O2S/c16-6-1-8-19(9-7-17)12-4-2-11(3-5-12)10-13-14(20)18-15(21)22-13/h2-5,10,17H,1,7-9H2,(H,18,20,21)/q-1/b13-10-. The van der Waals surface area contributed by atoms with Crippen molar-refractivity contribution in [2.24, 2.45) is 0 Å². The molecular weight excluding hydrogens is 300 g/mol. The Hall–Kier alpha value is -2.30. The van der Waals surface area contributed by atoms with Crippen LogP contribution in [0.4, 0.5) is 10.5 Å². The third kappa shape index (κ3) is 4.10. The molecule has 114 valence electrons. The van der Waals surface area contributed by atoms with Crippen molar-refractivity contribution in [1.82, 2.24) is 5.32 Å². The molecule has 2 rings (SSSR count). The highest BCUT2D eigenvalue weighted by Gasteiger charge is 2.24. The number of carbonyl (C=O) groups excluding carboxylic acids is 2. The molecular formula is C15H15N4O2S-. The molecule has 0 atom stereocenters. The molecule has 1 aliphatic heterocycles. The molecule has 22 heavy (non-hydrogen) atoms. The molecule has 2 N–H and O–H groups in total. The first-order chi connectivity index (χ1) is 10.6. The van der Waals surface area contributed by atoms with Gasteiger partial charge < -0.3 is 10.6 Å². The molecule has 1 fully saturated rings. The first-order valence-corrected chi connectivity index (χ1v) is 7.57. The number of hydrogen-bond donors (Lipinski definition) is 1. The maximum absolute atomic E-state index is 11.5. The quantitative estimate of drug-likeness (QED) is 0.814. The van der Waals surface area contributed by atoms with Crippen LogP contribution >= 0.6 is 11.8 Å². The summed E-state index contributed by atoms with van der Waals surface area (Å²) in [5.41, 5.74) is 9.09. The van der Waals surface area contributed by atoms with E-state index in [1.54, 1.807) is 6.08 Å². The Morgan fingerprint density at radius 1 is 1.27 bits per heavy atom. The van der Waals surface area contributed by atoms with Crippen molar-refractivity contribution in [3.8, 4) is 6.07 Å². The molecule has 0 aliphatic carbocycles. The van der Waals surface area contributed by atoms with Gasteiger partial charge in [-0.05, 0) is 42.1 Å². The molecule has 0 spiro atoms. The number of carbonyl (C=O) groups is 2. The summed E-state index contributed by atoms with van der Waals surface area (Å²) in [7, 11) is 0. The van der Waals surface area contributed by atoms with Crippen LogP contribution in [0.2, 0.25) is 0 Å². The minimum absolute atomic E-state index is 0.260. The van der Waals surface area contributed by atoms with Crippen molar-refractivity contribution in [2.45, 2.75) is 6.42 Å². The first-order valence-electron chi connectivity index (χ1n) is 6.75. The van der Waals surface area contributed by atoms with E-state index in [1.165, 1.54) is 0 Å². The normalized spacial score (nSPS) is 15.7. The molecule has 1 heterocycles. The van der Waals surface area contributed by atoms with Crippen molar-refractivity contribution >= 4 is 34.7 Å². The van der Waals surface area contributed by atoms with Crippen LogP contribution in [0.5, 0.6) is 0 Å². The van der Waals surface area contributed by atoms with Gasteiger partial charge >= 0.3 is 0 Å². The second-order valence-electron chi connectivity index (χ2n) is 4.59. The summed E-state index contributed by atoms with van der Waals surface area (Å²) in [5, 5.41) is 10.5. The zero-order chi connectivity index (χ0) is 15.9. The molecule has 2 amide bonds. The Bertz CT molecular complexity index is 634. The van der Waals surface area contributed by atoms with E-state index >= 15 is 0 Å². The molecule has 1 aromatic carbocycles. The van der Waals surface area contributed by atoms with Gasteiger partial charge in [0.05, 0.1) is 17.4 Å². The minimum atomic E-state index is -0.371. The smallest absolute Gasteiger partial charge is 0.290 e. The molecule has 6 nitrogen and oxygen atoms in total. The lowest BCUT2D eigenvalue weighted by molar-refractivity contribution is -0.115. The third-order valence-electron chi connectivity index (χ3n) is 3.07. The van der Waals surface area contributed by atoms with Crippen LogP contribution in [0.3, 0.4) is 0 Å². The lowest BCUT2D eigenvalue weighted by atomic mass is 10.1. The fourth-order valence-electron chi connectivity index (χ4n) is 2.04. The Kier molecular flexibility index (Phi) is 5.58. The average Bonchev–Trinajstić information content (AvgIpc) is 2.82. The number of anilines is 1. The third-order valence-corrected chi connectivity index (χ3v) is 3.88. The van der Waals surface area contributed by atoms with Gasteiger partial charge in [0.15, 0.2) is 0 Å². The van der Waals surface area contributed by atoms with Gasteiger partial charge in [0.1, 0.15) is 0 Å². The second-order valence-corrected chi connectivity index (χ2v) is 5.60. The fourth-order valence-corrected chi connectivity index (χ4v) is 2.73. The average molecular weight is 315 g/mol. The molecule has 1 aliphatic rings. The molecule has 0 bridgehead atoms. The van der Waals surface area contributed by atoms with Crippen LogP contribution in [-0.2, 0) is 4.79 Å². The molecule has 1 saturated heterocycles. The number of hydrogen-bond acceptors (Lipinski definition) is 5. The summed E-state index contributed by atoms with van der Waals surface area (Å²) in [5.74, 6) is -0.371. The second kappa shape index (κ2) is 7.64. The molecule has 0 radical (unpaired) electrons. The molecule has 0 aromatic heterocycles. The lowest BCUT2D eigenvalue weighted by Crippen LogP contribution is -2.26. The maximum Gasteiger partial charge on any atom is 0.290 e. The van der Waals surface area contributed by atoms with Crippen molar-refractivity contribution in [3.05, 3.63) is 40.5 Å². The van der Waals surface area contributed by atoms with Gasteiger partial charge in [0.2, 0.25) is 0 Å². The van der Waals surface area contributed by atoms with E-state index in [0.29, 0.717) is 24.4 Å². The summed E-state index contributed by atoms with van der Waals surface area (Å²) in [6.07, 6.45) is 2.07. The number of rotatable bonds is 6. The number of nitrogens with one attached hydrogen (secondary N) is 2. The van der Waals surface area contributed by atoms with Crippen LogP contribution in [0.1, 0.15) is 12.0 Å². The van der Waals surface area contributed by atoms with E-state index < -0.39 is 0 Å². The van der Waals surface area contributed by atoms with E-state index in [0.717, 1.165) is 23.0 Å². The Balaban J connectivity index is 2.12. The molecule has 0 unspecified atom stereocenters. The van der Waals surface area contributed by atoms with Crippen LogP contribution < -0.4 is 10.2 Å². The van der Waals surface area contributed by atoms with Crippen LogP contribution in [0, 0.1) is 11.3 Å². The van der Waals surface area contributed by atoms with E-state index in [1.807, 2.05) is 29.2 Å². The SMILES string of the molecule is N#CCCN(CC[NH-])c1ccc(/C=C2\SC(=O)NC2=O)cc1. The Morgan fingerprint density at radius 3 is 2.55 bits per heavy atom. The van der Waals surface area contributed by atoms with Gasteiger partial charge in [0, 0.05) is 12.2 Å². The van der Waals surface area contributed by atoms with Gasteiger partial charge in [-0.3, -0.25) is 14.9 Å². The van der Waals surface area contributed by atoms with Crippen LogP contribution in [-0.4, -0.2) is 30.8 Å². The Morgan fingerprint density at radius 2 is 2.00 bits per heavy atom. The van der Waals surface area contributed by atoms with Crippen LogP contribution in [0.25, 0.3) is 11.8 Å². The molecule has 1 aromatic rings. The summed E-state index contributed by atoms with van der Waals surface area (Å²) in [6, 6.07) is 9.58. The zero-order valence-electron chi connectivity index (χ0n) is 11.8. The van der Waals surface area contributed by atoms with Crippen molar-refractivity contribution in [2.75, 3.05) is 24.5 Å². The number of benzene rings is 1. The first kappa shape index (κ1) is 16.1. The van der Waals surface area contributed by atoms with Crippen molar-refractivity contribution in [3.63, 3.8) is 0 Å². The number of nitriles is 1. The van der Waals surface area contributed by atoms with Crippen molar-refractivity contribution < 1.29 is 9.59 Å². The van der Waals surface area contributed by atoms with Crippen LogP contribution in [0.15, 0.2) is 29.2 Å². The van der Waals surface area contributed by atoms with Gasteiger partial charge in [-0.15, -0.1) is 6.54 Å². The van der Waals surface area contributed by atoms with Gasteiger partial charge in [0.25, 0.3) is 11.1 Å². The van der Waals surface area contributed by atoms with E-state index in [4.69, 9.17) is 11.0 Å². The van der Waals surface area contributed by atoms with Gasteiger partial charge in [-0.2, -0.15) is 5.26 Å². The largest absolute Gasteiger partial charge is 0.676 e.